The monoisotopic (exact) mass is 394 g/mol. The first-order chi connectivity index (χ1) is 13.4. The summed E-state index contributed by atoms with van der Waals surface area (Å²) in [6.45, 7) is 2.08. The molecule has 158 valence electrons. The molecular weight excluding hydrogens is 360 g/mol. The van der Waals surface area contributed by atoms with Crippen molar-refractivity contribution in [2.45, 2.75) is 82.4 Å². The van der Waals surface area contributed by atoms with Crippen LogP contribution in [0, 0.1) is 0 Å². The second kappa shape index (κ2) is 14.3. The van der Waals surface area contributed by atoms with E-state index in [9.17, 15) is 20.1 Å². The summed E-state index contributed by atoms with van der Waals surface area (Å²) in [6.07, 6.45) is 15.1. The third-order valence-electron chi connectivity index (χ3n) is 4.42. The van der Waals surface area contributed by atoms with Gasteiger partial charge in [0.05, 0.1) is 24.4 Å². The van der Waals surface area contributed by atoms with Crippen molar-refractivity contribution in [3.05, 3.63) is 48.6 Å². The zero-order chi connectivity index (χ0) is 20.8. The van der Waals surface area contributed by atoms with Gasteiger partial charge in [-0.25, -0.2) is 0 Å². The van der Waals surface area contributed by atoms with Crippen LogP contribution in [0.5, 0.6) is 0 Å². The number of carboxylic acids is 1. The number of aliphatic carboxylic acids is 1. The summed E-state index contributed by atoms with van der Waals surface area (Å²) in [6, 6.07) is 0. The van der Waals surface area contributed by atoms with Crippen molar-refractivity contribution < 1.29 is 30.0 Å². The van der Waals surface area contributed by atoms with E-state index >= 15 is 0 Å². The highest BCUT2D eigenvalue weighted by molar-refractivity contribution is 5.66. The minimum absolute atomic E-state index is 0.0683. The minimum atomic E-state index is -0.849. The van der Waals surface area contributed by atoms with Gasteiger partial charge in [-0.15, -0.1) is 0 Å². The van der Waals surface area contributed by atoms with E-state index in [0.717, 1.165) is 12.8 Å². The van der Waals surface area contributed by atoms with E-state index in [1.807, 2.05) is 12.2 Å². The topological polar surface area (TPSA) is 107 Å². The van der Waals surface area contributed by atoms with Gasteiger partial charge in [0.1, 0.15) is 6.10 Å². The quantitative estimate of drug-likeness (QED) is 0.358. The lowest BCUT2D eigenvalue weighted by atomic mass is 10.0. The Balaban J connectivity index is 2.34. The van der Waals surface area contributed by atoms with Crippen LogP contribution in [0.1, 0.15) is 51.9 Å². The van der Waals surface area contributed by atoms with Crippen LogP contribution in [0.15, 0.2) is 48.6 Å². The Morgan fingerprint density at radius 3 is 2.54 bits per heavy atom. The molecule has 0 amide bonds. The van der Waals surface area contributed by atoms with Gasteiger partial charge in [-0.1, -0.05) is 55.5 Å². The zero-order valence-electron chi connectivity index (χ0n) is 16.6. The van der Waals surface area contributed by atoms with Crippen molar-refractivity contribution in [2.75, 3.05) is 0 Å². The molecule has 5 atom stereocenters. The number of hydrogen-bond donors (Lipinski definition) is 4. The predicted octanol–water partition coefficient (Wildman–Crippen LogP) is 2.90. The summed E-state index contributed by atoms with van der Waals surface area (Å²) in [5.41, 5.74) is 0. The fraction of sp³-hybridized carbons (Fsp3) is 0.591. The molecule has 0 aromatic heterocycles. The van der Waals surface area contributed by atoms with E-state index in [-0.39, 0.29) is 6.42 Å². The zero-order valence-corrected chi connectivity index (χ0v) is 16.6. The van der Waals surface area contributed by atoms with Crippen molar-refractivity contribution >= 4 is 5.97 Å². The molecule has 1 aliphatic rings. The van der Waals surface area contributed by atoms with Gasteiger partial charge >= 0.3 is 5.97 Å². The summed E-state index contributed by atoms with van der Waals surface area (Å²) in [5, 5.41) is 38.8. The predicted molar refractivity (Wildman–Crippen MR) is 109 cm³/mol. The van der Waals surface area contributed by atoms with Crippen molar-refractivity contribution in [3.8, 4) is 0 Å². The molecule has 0 spiro atoms. The lowest BCUT2D eigenvalue weighted by Crippen LogP contribution is -2.25. The van der Waals surface area contributed by atoms with Crippen LogP contribution >= 0.6 is 0 Å². The first-order valence-electron chi connectivity index (χ1n) is 9.98. The van der Waals surface area contributed by atoms with Gasteiger partial charge in [-0.2, -0.15) is 0 Å². The molecule has 0 radical (unpaired) electrons. The van der Waals surface area contributed by atoms with Gasteiger partial charge in [-0.3, -0.25) is 4.79 Å². The van der Waals surface area contributed by atoms with Gasteiger partial charge in [-0.05, 0) is 32.1 Å². The molecule has 1 aliphatic heterocycles. The molecule has 0 aromatic rings. The maximum Gasteiger partial charge on any atom is 0.303 e. The van der Waals surface area contributed by atoms with Gasteiger partial charge in [0.2, 0.25) is 0 Å². The largest absolute Gasteiger partial charge is 0.481 e. The maximum atomic E-state index is 10.4. The van der Waals surface area contributed by atoms with Gasteiger partial charge in [0, 0.05) is 12.8 Å². The number of hydrogen-bond acceptors (Lipinski definition) is 5. The van der Waals surface area contributed by atoms with Gasteiger partial charge in [0.15, 0.2) is 0 Å². The van der Waals surface area contributed by atoms with Crippen LogP contribution in [0.4, 0.5) is 0 Å². The molecule has 1 fully saturated rings. The molecule has 0 bridgehead atoms. The molecule has 1 heterocycles. The lowest BCUT2D eigenvalue weighted by Gasteiger charge is -2.16. The average Bonchev–Trinajstić information content (AvgIpc) is 3.03. The minimum Gasteiger partial charge on any atom is -0.481 e. The molecule has 0 unspecified atom stereocenters. The van der Waals surface area contributed by atoms with Crippen LogP contribution in [0.2, 0.25) is 0 Å². The number of carbonyl (C=O) groups is 1. The number of ether oxygens (including phenoxy) is 1. The summed E-state index contributed by atoms with van der Waals surface area (Å²) in [4.78, 5) is 10.4. The lowest BCUT2D eigenvalue weighted by molar-refractivity contribution is -0.136. The summed E-state index contributed by atoms with van der Waals surface area (Å²) in [7, 11) is 0. The first kappa shape index (κ1) is 24.3. The fourth-order valence-electron chi connectivity index (χ4n) is 2.84. The van der Waals surface area contributed by atoms with E-state index in [2.05, 4.69) is 19.1 Å². The smallest absolute Gasteiger partial charge is 0.303 e. The second-order valence-electron chi connectivity index (χ2n) is 6.92. The highest BCUT2D eigenvalue weighted by Gasteiger charge is 2.35. The summed E-state index contributed by atoms with van der Waals surface area (Å²) >= 11 is 0. The number of allylic oxidation sites excluding steroid dienone is 4. The molecule has 0 aliphatic carbocycles. The number of rotatable bonds is 13. The average molecular weight is 395 g/mol. The van der Waals surface area contributed by atoms with E-state index in [1.165, 1.54) is 0 Å². The Labute approximate surface area is 167 Å². The van der Waals surface area contributed by atoms with Gasteiger partial charge in [0.25, 0.3) is 0 Å². The Kier molecular flexibility index (Phi) is 12.4. The van der Waals surface area contributed by atoms with E-state index in [4.69, 9.17) is 9.84 Å². The maximum absolute atomic E-state index is 10.4. The highest BCUT2D eigenvalue weighted by atomic mass is 16.5. The molecule has 4 N–H and O–H groups in total. The molecule has 0 saturated carbocycles. The SMILES string of the molecule is CC/C=C\C/C=C\C[C@@H](O)[C@@H]1C[C@H](O)[C@H](/C=C/[C@@H](O)C/C=C\CCC(=O)O)O1. The van der Waals surface area contributed by atoms with Crippen LogP contribution in [-0.2, 0) is 9.53 Å². The van der Waals surface area contributed by atoms with Crippen LogP contribution in [0.25, 0.3) is 0 Å². The van der Waals surface area contributed by atoms with Crippen molar-refractivity contribution in [1.82, 2.24) is 0 Å². The van der Waals surface area contributed by atoms with Crippen LogP contribution in [0.3, 0.4) is 0 Å². The second-order valence-corrected chi connectivity index (χ2v) is 6.92. The normalized spacial score (nSPS) is 25.5. The van der Waals surface area contributed by atoms with E-state index in [1.54, 1.807) is 24.3 Å². The van der Waals surface area contributed by atoms with E-state index < -0.39 is 36.5 Å². The van der Waals surface area contributed by atoms with E-state index in [0.29, 0.717) is 25.7 Å². The third kappa shape index (κ3) is 10.6. The Morgan fingerprint density at radius 1 is 1.11 bits per heavy atom. The van der Waals surface area contributed by atoms with Crippen molar-refractivity contribution in [3.63, 3.8) is 0 Å². The van der Waals surface area contributed by atoms with Crippen LogP contribution < -0.4 is 0 Å². The molecule has 1 rings (SSSR count). The first-order valence-corrected chi connectivity index (χ1v) is 9.98. The molecule has 28 heavy (non-hydrogen) atoms. The Morgan fingerprint density at radius 2 is 1.82 bits per heavy atom. The Hall–Kier alpha value is -1.73. The molecule has 6 nitrogen and oxygen atoms in total. The van der Waals surface area contributed by atoms with Crippen molar-refractivity contribution in [1.29, 1.82) is 0 Å². The number of aliphatic hydroxyl groups excluding tert-OH is 3. The summed E-state index contributed by atoms with van der Waals surface area (Å²) < 4.78 is 5.72. The Bertz CT molecular complexity index is 551. The van der Waals surface area contributed by atoms with Gasteiger partial charge < -0.3 is 25.2 Å². The van der Waals surface area contributed by atoms with Crippen LogP contribution in [-0.4, -0.2) is 56.9 Å². The number of carboxylic acid groups (broad SMARTS) is 1. The molecule has 1 saturated heterocycles. The third-order valence-corrected chi connectivity index (χ3v) is 4.42. The molecule has 6 heteroatoms. The standard InChI is InChI=1S/C22H34O6/c1-2-3-4-5-6-9-12-18(24)21-16-19(25)20(28-21)15-14-17(23)11-8-7-10-13-22(26)27/h3-4,6-9,14-15,17-21,23-25H,2,5,10-13,16H2,1H3,(H,26,27)/b4-3-,8-7-,9-6-,15-14+/t17-,18+,19-,20-,21-/m0/s1. The van der Waals surface area contributed by atoms with Crippen molar-refractivity contribution in [2.24, 2.45) is 0 Å². The number of aliphatic hydroxyl groups is 3. The fourth-order valence-corrected chi connectivity index (χ4v) is 2.84. The highest BCUT2D eigenvalue weighted by Crippen LogP contribution is 2.25. The molecular formula is C22H34O6. The summed E-state index contributed by atoms with van der Waals surface area (Å²) in [5.74, 6) is -0.849. The molecule has 0 aromatic carbocycles.